The lowest BCUT2D eigenvalue weighted by molar-refractivity contribution is 0.0699. The first-order valence-electron chi connectivity index (χ1n) is 7.49. The number of piperidine rings is 1. The smallest absolute Gasteiger partial charge is 0.336 e. The van der Waals surface area contributed by atoms with Crippen molar-refractivity contribution in [2.75, 3.05) is 4.90 Å². The summed E-state index contributed by atoms with van der Waals surface area (Å²) in [5.74, 6) is -0.113. The summed E-state index contributed by atoms with van der Waals surface area (Å²) >= 11 is 0. The van der Waals surface area contributed by atoms with Crippen molar-refractivity contribution >= 4 is 22.7 Å². The van der Waals surface area contributed by atoms with Crippen LogP contribution in [0.4, 0.5) is 5.82 Å². The zero-order valence-electron chi connectivity index (χ0n) is 12.4. The summed E-state index contributed by atoms with van der Waals surface area (Å²) in [4.78, 5) is 18.5. The highest BCUT2D eigenvalue weighted by molar-refractivity contribution is 6.03. The highest BCUT2D eigenvalue weighted by Crippen LogP contribution is 2.30. The number of carboxylic acids is 1. The molecule has 0 radical (unpaired) electrons. The maximum Gasteiger partial charge on any atom is 0.336 e. The fourth-order valence-electron chi connectivity index (χ4n) is 3.34. The van der Waals surface area contributed by atoms with Crippen molar-refractivity contribution in [1.82, 2.24) is 4.98 Å². The minimum atomic E-state index is -0.896. The Bertz CT molecular complexity index is 674. The number of carboxylic acid groups (broad SMARTS) is 1. The molecule has 1 aromatic carbocycles. The molecule has 1 aliphatic rings. The van der Waals surface area contributed by atoms with Gasteiger partial charge in [-0.05, 0) is 45.2 Å². The van der Waals surface area contributed by atoms with Crippen LogP contribution < -0.4 is 4.90 Å². The number of para-hydroxylation sites is 1. The van der Waals surface area contributed by atoms with E-state index in [1.807, 2.05) is 24.3 Å². The van der Waals surface area contributed by atoms with E-state index in [9.17, 15) is 9.90 Å². The van der Waals surface area contributed by atoms with Crippen molar-refractivity contribution in [2.24, 2.45) is 0 Å². The molecule has 0 amide bonds. The van der Waals surface area contributed by atoms with Gasteiger partial charge in [0, 0.05) is 17.5 Å². The molecule has 0 bridgehead atoms. The Labute approximate surface area is 124 Å². The van der Waals surface area contributed by atoms with Gasteiger partial charge in [-0.25, -0.2) is 9.78 Å². The Kier molecular flexibility index (Phi) is 3.53. The molecule has 1 aliphatic heterocycles. The second kappa shape index (κ2) is 5.35. The van der Waals surface area contributed by atoms with Crippen LogP contribution in [0.5, 0.6) is 0 Å². The van der Waals surface area contributed by atoms with E-state index in [4.69, 9.17) is 4.98 Å². The summed E-state index contributed by atoms with van der Waals surface area (Å²) < 4.78 is 0. The molecule has 4 nitrogen and oxygen atoms in total. The summed E-state index contributed by atoms with van der Waals surface area (Å²) in [6.45, 7) is 4.37. The molecule has 4 heteroatoms. The normalized spacial score (nSPS) is 22.5. The average molecular weight is 284 g/mol. The van der Waals surface area contributed by atoms with E-state index < -0.39 is 5.97 Å². The minimum absolute atomic E-state index is 0.334. The number of anilines is 1. The van der Waals surface area contributed by atoms with Gasteiger partial charge in [-0.15, -0.1) is 0 Å². The standard InChI is InChI=1S/C17H20N2O2/c1-11-6-5-7-12(2)19(11)16-10-14(17(20)21)13-8-3-4-9-15(13)18-16/h3-4,8-12H,5-7H2,1-2H3,(H,20,21)/t11-,12+. The van der Waals surface area contributed by atoms with Crippen molar-refractivity contribution in [1.29, 1.82) is 0 Å². The molecule has 1 aromatic heterocycles. The van der Waals surface area contributed by atoms with E-state index in [1.165, 1.54) is 6.42 Å². The number of aromatic nitrogens is 1. The summed E-state index contributed by atoms with van der Waals surface area (Å²) in [6, 6.07) is 9.95. The Morgan fingerprint density at radius 3 is 2.57 bits per heavy atom. The lowest BCUT2D eigenvalue weighted by Gasteiger charge is -2.40. The molecule has 3 rings (SSSR count). The molecule has 110 valence electrons. The van der Waals surface area contributed by atoms with Crippen molar-refractivity contribution in [3.05, 3.63) is 35.9 Å². The van der Waals surface area contributed by atoms with Crippen LogP contribution in [0.25, 0.3) is 10.9 Å². The Morgan fingerprint density at radius 1 is 1.24 bits per heavy atom. The van der Waals surface area contributed by atoms with E-state index in [2.05, 4.69) is 18.7 Å². The van der Waals surface area contributed by atoms with Crippen LogP contribution >= 0.6 is 0 Å². The highest BCUT2D eigenvalue weighted by atomic mass is 16.4. The maximum atomic E-state index is 11.6. The van der Waals surface area contributed by atoms with Crippen LogP contribution in [-0.2, 0) is 0 Å². The van der Waals surface area contributed by atoms with Crippen LogP contribution in [0.2, 0.25) is 0 Å². The topological polar surface area (TPSA) is 53.4 Å². The molecule has 1 fully saturated rings. The fraction of sp³-hybridized carbons (Fsp3) is 0.412. The second-order valence-electron chi connectivity index (χ2n) is 5.89. The number of hydrogen-bond acceptors (Lipinski definition) is 3. The number of benzene rings is 1. The third-order valence-electron chi connectivity index (χ3n) is 4.39. The van der Waals surface area contributed by atoms with Gasteiger partial charge >= 0.3 is 5.97 Å². The number of carbonyl (C=O) groups is 1. The second-order valence-corrected chi connectivity index (χ2v) is 5.89. The van der Waals surface area contributed by atoms with Gasteiger partial charge in [-0.2, -0.15) is 0 Å². The van der Waals surface area contributed by atoms with Gasteiger partial charge in [-0.1, -0.05) is 18.2 Å². The van der Waals surface area contributed by atoms with E-state index in [-0.39, 0.29) is 0 Å². The summed E-state index contributed by atoms with van der Waals surface area (Å²) in [7, 11) is 0. The van der Waals surface area contributed by atoms with Gasteiger partial charge in [0.05, 0.1) is 11.1 Å². The number of nitrogens with zero attached hydrogens (tertiary/aromatic N) is 2. The molecule has 2 atom stereocenters. The lowest BCUT2D eigenvalue weighted by Crippen LogP contribution is -2.44. The maximum absolute atomic E-state index is 11.6. The number of fused-ring (bicyclic) bond motifs is 1. The van der Waals surface area contributed by atoms with Gasteiger partial charge in [0.1, 0.15) is 5.82 Å². The molecule has 0 saturated carbocycles. The first-order valence-corrected chi connectivity index (χ1v) is 7.49. The molecule has 0 unspecified atom stereocenters. The predicted molar refractivity (Wildman–Crippen MR) is 84.0 cm³/mol. The number of hydrogen-bond donors (Lipinski definition) is 1. The van der Waals surface area contributed by atoms with Crippen LogP contribution in [0, 0.1) is 0 Å². The SMILES string of the molecule is C[C@@H]1CCC[C@H](C)N1c1cc(C(=O)O)c2ccccc2n1. The van der Waals surface area contributed by atoms with Gasteiger partial charge in [0.2, 0.25) is 0 Å². The Balaban J connectivity index is 2.16. The van der Waals surface area contributed by atoms with Gasteiger partial charge in [0.15, 0.2) is 0 Å². The molecule has 1 N–H and O–H groups in total. The zero-order valence-corrected chi connectivity index (χ0v) is 12.4. The highest BCUT2D eigenvalue weighted by Gasteiger charge is 2.27. The molecule has 0 spiro atoms. The quantitative estimate of drug-likeness (QED) is 0.913. The molecule has 1 saturated heterocycles. The third-order valence-corrected chi connectivity index (χ3v) is 4.39. The molecular formula is C17H20N2O2. The van der Waals surface area contributed by atoms with Crippen LogP contribution in [0.1, 0.15) is 43.5 Å². The zero-order chi connectivity index (χ0) is 15.0. The van der Waals surface area contributed by atoms with Gasteiger partial charge < -0.3 is 10.0 Å². The van der Waals surface area contributed by atoms with Crippen molar-refractivity contribution in [2.45, 2.75) is 45.2 Å². The van der Waals surface area contributed by atoms with Crippen LogP contribution in [0.15, 0.2) is 30.3 Å². The fourth-order valence-corrected chi connectivity index (χ4v) is 3.34. The predicted octanol–water partition coefficient (Wildman–Crippen LogP) is 3.70. The van der Waals surface area contributed by atoms with Gasteiger partial charge in [0.25, 0.3) is 0 Å². The number of pyridine rings is 1. The van der Waals surface area contributed by atoms with Gasteiger partial charge in [-0.3, -0.25) is 0 Å². The number of rotatable bonds is 2. The first kappa shape index (κ1) is 13.9. The monoisotopic (exact) mass is 284 g/mol. The third kappa shape index (κ3) is 2.46. The van der Waals surface area contributed by atoms with E-state index in [0.717, 1.165) is 24.2 Å². The summed E-state index contributed by atoms with van der Waals surface area (Å²) in [5.41, 5.74) is 1.08. The van der Waals surface area contributed by atoms with Crippen LogP contribution in [0.3, 0.4) is 0 Å². The van der Waals surface area contributed by atoms with E-state index >= 15 is 0 Å². The summed E-state index contributed by atoms with van der Waals surface area (Å²) in [6.07, 6.45) is 3.47. The molecular weight excluding hydrogens is 264 g/mol. The first-order chi connectivity index (χ1) is 10.1. The molecule has 2 heterocycles. The van der Waals surface area contributed by atoms with Crippen molar-refractivity contribution in [3.8, 4) is 0 Å². The number of aromatic carboxylic acids is 1. The van der Waals surface area contributed by atoms with E-state index in [0.29, 0.717) is 23.0 Å². The Hall–Kier alpha value is -2.10. The largest absolute Gasteiger partial charge is 0.478 e. The molecule has 0 aliphatic carbocycles. The van der Waals surface area contributed by atoms with E-state index in [1.54, 1.807) is 6.07 Å². The van der Waals surface area contributed by atoms with Crippen LogP contribution in [-0.4, -0.2) is 28.1 Å². The lowest BCUT2D eigenvalue weighted by atomic mass is 9.97. The molecule has 21 heavy (non-hydrogen) atoms. The average Bonchev–Trinajstić information content (AvgIpc) is 2.46. The molecule has 2 aromatic rings. The summed E-state index contributed by atoms with van der Waals surface area (Å²) in [5, 5.41) is 10.2. The Morgan fingerprint density at radius 2 is 1.90 bits per heavy atom. The van der Waals surface area contributed by atoms with Crippen molar-refractivity contribution in [3.63, 3.8) is 0 Å². The van der Waals surface area contributed by atoms with Crippen molar-refractivity contribution < 1.29 is 9.90 Å². The minimum Gasteiger partial charge on any atom is -0.478 e.